The third-order valence-electron chi connectivity index (χ3n) is 2.62. The van der Waals surface area contributed by atoms with E-state index < -0.39 is 6.10 Å². The highest BCUT2D eigenvalue weighted by molar-refractivity contribution is 9.08. The van der Waals surface area contributed by atoms with E-state index in [9.17, 15) is 5.11 Å². The first-order chi connectivity index (χ1) is 9.08. The number of nitrogens with zero attached hydrogens (tertiary/aromatic N) is 1. The Balaban J connectivity index is 2.64. The molecule has 0 bridgehead atoms. The zero-order valence-electron chi connectivity index (χ0n) is 11.3. The van der Waals surface area contributed by atoms with Crippen LogP contribution in [0.2, 0.25) is 0 Å². The van der Waals surface area contributed by atoms with Crippen LogP contribution in [-0.2, 0) is 21.9 Å². The number of methoxy groups -OCH3 is 1. The molecule has 0 spiro atoms. The molecule has 0 saturated heterocycles. The Morgan fingerprint density at radius 2 is 1.74 bits per heavy atom. The summed E-state index contributed by atoms with van der Waals surface area (Å²) in [7, 11) is 3.53. The Hall–Kier alpha value is 0.0600. The van der Waals surface area contributed by atoms with Crippen LogP contribution < -0.4 is 0 Å². The fraction of sp³-hybridized carbons (Fsp3) is 0.500. The topological polar surface area (TPSA) is 32.7 Å². The molecule has 3 nitrogen and oxygen atoms in total. The molecule has 0 saturated carbocycles. The van der Waals surface area contributed by atoms with Crippen molar-refractivity contribution in [3.8, 4) is 0 Å². The molecule has 0 aromatic heterocycles. The third-order valence-corrected chi connectivity index (χ3v) is 3.91. The SMILES string of the molecule is COCC(O)[CH]N(C)Cc1cc(CBr)cc(CBr)c1. The van der Waals surface area contributed by atoms with Gasteiger partial charge in [-0.25, -0.2) is 0 Å². The van der Waals surface area contributed by atoms with Gasteiger partial charge in [-0.3, -0.25) is 4.90 Å². The number of aliphatic hydroxyl groups is 1. The molecule has 107 valence electrons. The predicted octanol–water partition coefficient (Wildman–Crippen LogP) is 3.08. The number of rotatable bonds is 8. The van der Waals surface area contributed by atoms with Crippen molar-refractivity contribution in [3.05, 3.63) is 41.4 Å². The molecule has 19 heavy (non-hydrogen) atoms. The molecule has 1 N–H and O–H groups in total. The molecule has 5 heteroatoms. The standard InChI is InChI=1S/C14H20Br2NO2/c1-17(9-14(18)10-19-2)8-13-4-11(6-15)3-12(5-13)7-16/h3-5,9,14,18H,6-8,10H2,1-2H3. The van der Waals surface area contributed by atoms with Crippen molar-refractivity contribution in [3.63, 3.8) is 0 Å². The van der Waals surface area contributed by atoms with E-state index in [-0.39, 0.29) is 0 Å². The average molecular weight is 394 g/mol. The van der Waals surface area contributed by atoms with Gasteiger partial charge in [-0.05, 0) is 23.7 Å². The first kappa shape index (κ1) is 17.1. The summed E-state index contributed by atoms with van der Waals surface area (Å²) in [6.45, 7) is 2.86. The Labute approximate surface area is 132 Å². The van der Waals surface area contributed by atoms with E-state index in [1.54, 1.807) is 13.7 Å². The van der Waals surface area contributed by atoms with Gasteiger partial charge in [-0.15, -0.1) is 0 Å². The number of alkyl halides is 2. The molecule has 0 aliphatic rings. The summed E-state index contributed by atoms with van der Waals surface area (Å²) in [5.74, 6) is 0. The minimum absolute atomic E-state index is 0.318. The maximum absolute atomic E-state index is 9.66. The number of hydrogen-bond donors (Lipinski definition) is 1. The lowest BCUT2D eigenvalue weighted by Crippen LogP contribution is -2.26. The first-order valence-electron chi connectivity index (χ1n) is 6.05. The average Bonchev–Trinajstić information content (AvgIpc) is 2.38. The highest BCUT2D eigenvalue weighted by atomic mass is 79.9. The molecule has 1 aromatic rings. The molecule has 1 aromatic carbocycles. The van der Waals surface area contributed by atoms with Crippen molar-refractivity contribution in [2.75, 3.05) is 20.8 Å². The summed E-state index contributed by atoms with van der Waals surface area (Å²) >= 11 is 6.98. The monoisotopic (exact) mass is 392 g/mol. The number of likely N-dealkylation sites (N-methyl/N-ethyl adjacent to an activating group) is 1. The van der Waals surface area contributed by atoms with E-state index in [1.807, 2.05) is 11.9 Å². The Kier molecular flexibility index (Phi) is 8.18. The van der Waals surface area contributed by atoms with Gasteiger partial charge < -0.3 is 9.84 Å². The minimum atomic E-state index is -0.565. The summed E-state index contributed by atoms with van der Waals surface area (Å²) in [6, 6.07) is 6.53. The summed E-state index contributed by atoms with van der Waals surface area (Å²) in [4.78, 5) is 1.98. The molecule has 0 heterocycles. The lowest BCUT2D eigenvalue weighted by Gasteiger charge is -2.20. The van der Waals surface area contributed by atoms with Crippen LogP contribution >= 0.6 is 31.9 Å². The second kappa shape index (κ2) is 9.08. The molecule has 1 unspecified atom stereocenters. The fourth-order valence-corrected chi connectivity index (χ4v) is 2.58. The second-order valence-corrected chi connectivity index (χ2v) is 5.63. The van der Waals surface area contributed by atoms with Gasteiger partial charge in [-0.1, -0.05) is 50.1 Å². The lowest BCUT2D eigenvalue weighted by molar-refractivity contribution is 0.0653. The van der Waals surface area contributed by atoms with Crippen LogP contribution in [0.25, 0.3) is 0 Å². The van der Waals surface area contributed by atoms with Gasteiger partial charge >= 0.3 is 0 Å². The van der Waals surface area contributed by atoms with E-state index in [1.165, 1.54) is 16.7 Å². The summed E-state index contributed by atoms with van der Waals surface area (Å²) in [6.07, 6.45) is -0.565. The Bertz CT molecular complexity index is 365. The summed E-state index contributed by atoms with van der Waals surface area (Å²) in [5.41, 5.74) is 3.75. The molecule has 1 atom stereocenters. The molecule has 0 amide bonds. The maximum atomic E-state index is 9.66. The lowest BCUT2D eigenvalue weighted by atomic mass is 10.1. The van der Waals surface area contributed by atoms with Gasteiger partial charge in [-0.2, -0.15) is 0 Å². The van der Waals surface area contributed by atoms with Crippen molar-refractivity contribution in [2.45, 2.75) is 23.3 Å². The number of halogens is 2. The van der Waals surface area contributed by atoms with Crippen LogP contribution in [0, 0.1) is 6.54 Å². The van der Waals surface area contributed by atoms with Gasteiger partial charge in [0, 0.05) is 24.3 Å². The van der Waals surface area contributed by atoms with Crippen molar-refractivity contribution in [1.29, 1.82) is 0 Å². The molecule has 0 aliphatic heterocycles. The third kappa shape index (κ3) is 6.36. The van der Waals surface area contributed by atoms with Crippen molar-refractivity contribution in [2.24, 2.45) is 0 Å². The van der Waals surface area contributed by atoms with Crippen LogP contribution in [0.4, 0.5) is 0 Å². The predicted molar refractivity (Wildman–Crippen MR) is 85.4 cm³/mol. The first-order valence-corrected chi connectivity index (χ1v) is 8.29. The van der Waals surface area contributed by atoms with E-state index in [0.29, 0.717) is 6.61 Å². The van der Waals surface area contributed by atoms with Gasteiger partial charge in [0.05, 0.1) is 19.3 Å². The number of aliphatic hydroxyl groups excluding tert-OH is 1. The number of ether oxygens (including phenoxy) is 1. The highest BCUT2D eigenvalue weighted by Crippen LogP contribution is 2.17. The smallest absolute Gasteiger partial charge is 0.0944 e. The van der Waals surface area contributed by atoms with Crippen LogP contribution in [-0.4, -0.2) is 36.9 Å². The van der Waals surface area contributed by atoms with Gasteiger partial charge in [0.15, 0.2) is 0 Å². The highest BCUT2D eigenvalue weighted by Gasteiger charge is 2.10. The van der Waals surface area contributed by atoms with E-state index in [2.05, 4.69) is 50.1 Å². The summed E-state index contributed by atoms with van der Waals surface area (Å²) in [5, 5.41) is 11.4. The maximum Gasteiger partial charge on any atom is 0.0944 e. The molecule has 1 radical (unpaired) electrons. The van der Waals surface area contributed by atoms with Crippen molar-refractivity contribution in [1.82, 2.24) is 4.90 Å². The van der Waals surface area contributed by atoms with Gasteiger partial charge in [0.2, 0.25) is 0 Å². The fourth-order valence-electron chi connectivity index (χ4n) is 1.93. The largest absolute Gasteiger partial charge is 0.389 e. The van der Waals surface area contributed by atoms with Crippen molar-refractivity contribution >= 4 is 31.9 Å². The van der Waals surface area contributed by atoms with Crippen molar-refractivity contribution < 1.29 is 9.84 Å². The van der Waals surface area contributed by atoms with E-state index in [4.69, 9.17) is 4.74 Å². The zero-order valence-corrected chi connectivity index (χ0v) is 14.4. The van der Waals surface area contributed by atoms with Gasteiger partial charge in [0.1, 0.15) is 0 Å². The van der Waals surface area contributed by atoms with Crippen LogP contribution in [0.5, 0.6) is 0 Å². The van der Waals surface area contributed by atoms with Gasteiger partial charge in [0.25, 0.3) is 0 Å². The molecular formula is C14H20Br2NO2. The molecule has 0 fully saturated rings. The van der Waals surface area contributed by atoms with Crippen LogP contribution in [0.15, 0.2) is 18.2 Å². The molecular weight excluding hydrogens is 374 g/mol. The van der Waals surface area contributed by atoms with E-state index in [0.717, 1.165) is 17.2 Å². The quantitative estimate of drug-likeness (QED) is 0.689. The summed E-state index contributed by atoms with van der Waals surface area (Å²) < 4.78 is 4.91. The second-order valence-electron chi connectivity index (χ2n) is 4.51. The van der Waals surface area contributed by atoms with E-state index >= 15 is 0 Å². The van der Waals surface area contributed by atoms with Crippen LogP contribution in [0.3, 0.4) is 0 Å². The number of benzene rings is 1. The zero-order chi connectivity index (χ0) is 14.3. The molecule has 0 aliphatic carbocycles. The minimum Gasteiger partial charge on any atom is -0.389 e. The Morgan fingerprint density at radius 3 is 2.21 bits per heavy atom. The normalized spacial score (nSPS) is 12.9. The Morgan fingerprint density at radius 1 is 1.21 bits per heavy atom. The number of hydrogen-bond acceptors (Lipinski definition) is 3. The molecule has 1 rings (SSSR count). The van der Waals surface area contributed by atoms with Crippen LogP contribution in [0.1, 0.15) is 16.7 Å².